The number of hydrogen-bond acceptors (Lipinski definition) is 2. The first-order chi connectivity index (χ1) is 5.00. The minimum atomic E-state index is -2.96. The summed E-state index contributed by atoms with van der Waals surface area (Å²) < 4.78 is 23.5. The van der Waals surface area contributed by atoms with E-state index in [1.807, 2.05) is 0 Å². The molecular weight excluding hydrogens is 162 g/mol. The summed E-state index contributed by atoms with van der Waals surface area (Å²) in [6, 6.07) is 0. The van der Waals surface area contributed by atoms with Gasteiger partial charge in [0.15, 0.2) is 0 Å². The summed E-state index contributed by atoms with van der Waals surface area (Å²) in [5.74, 6) is 0.246. The van der Waals surface area contributed by atoms with Crippen molar-refractivity contribution in [2.75, 3.05) is 19.8 Å². The number of rotatable bonds is 5. The van der Waals surface area contributed by atoms with Gasteiger partial charge in [0.2, 0.25) is 10.0 Å². The minimum Gasteiger partial charge on any atom is -0.212 e. The van der Waals surface area contributed by atoms with Gasteiger partial charge in [0.25, 0.3) is 0 Å². The zero-order valence-corrected chi connectivity index (χ0v) is 8.02. The largest absolute Gasteiger partial charge is 0.213 e. The molecule has 0 N–H and O–H groups in total. The molecule has 0 saturated carbocycles. The van der Waals surface area contributed by atoms with Crippen LogP contribution in [0.4, 0.5) is 0 Å². The Labute approximate surface area is 69.4 Å². The van der Waals surface area contributed by atoms with Crippen molar-refractivity contribution < 1.29 is 8.42 Å². The van der Waals surface area contributed by atoms with Gasteiger partial charge in [-0.05, 0) is 6.42 Å². The second-order valence-corrected chi connectivity index (χ2v) is 4.96. The number of sulfonamides is 1. The van der Waals surface area contributed by atoms with Gasteiger partial charge in [-0.15, -0.1) is 0 Å². The van der Waals surface area contributed by atoms with Gasteiger partial charge in [0.1, 0.15) is 0 Å². The molecule has 0 heterocycles. The third kappa shape index (κ3) is 4.37. The smallest absolute Gasteiger partial charge is 0.212 e. The Kier molecular flexibility index (Phi) is 4.68. The Hall–Kier alpha value is -0.0900. The molecule has 0 aromatic carbocycles. The molecule has 0 amide bonds. The zero-order chi connectivity index (χ0) is 8.91. The first-order valence-corrected chi connectivity index (χ1v) is 5.31. The lowest BCUT2D eigenvalue weighted by Crippen LogP contribution is -2.24. The molecule has 0 rings (SSSR count). The van der Waals surface area contributed by atoms with E-state index in [1.54, 1.807) is 14.1 Å². The molecule has 0 unspecified atom stereocenters. The molecule has 1 radical (unpaired) electrons. The molecule has 0 aliphatic carbocycles. The minimum absolute atomic E-state index is 0.246. The van der Waals surface area contributed by atoms with E-state index in [9.17, 15) is 8.42 Å². The van der Waals surface area contributed by atoms with Crippen molar-refractivity contribution in [2.45, 2.75) is 19.3 Å². The summed E-state index contributed by atoms with van der Waals surface area (Å²) >= 11 is 0. The molecule has 0 bridgehead atoms. The Morgan fingerprint density at radius 1 is 1.27 bits per heavy atom. The van der Waals surface area contributed by atoms with E-state index in [-0.39, 0.29) is 5.75 Å². The average Bonchev–Trinajstić information content (AvgIpc) is 1.88. The number of unbranched alkanes of at least 4 members (excludes halogenated alkanes) is 2. The van der Waals surface area contributed by atoms with Crippen LogP contribution in [-0.4, -0.2) is 32.6 Å². The number of hydrogen-bond donors (Lipinski definition) is 0. The van der Waals surface area contributed by atoms with Crippen LogP contribution in [0.25, 0.3) is 0 Å². The van der Waals surface area contributed by atoms with Crippen LogP contribution in [0, 0.1) is 6.92 Å². The van der Waals surface area contributed by atoms with E-state index in [0.29, 0.717) is 6.42 Å². The summed E-state index contributed by atoms with van der Waals surface area (Å²) in [6.07, 6.45) is 2.40. The fourth-order valence-electron chi connectivity index (χ4n) is 0.644. The van der Waals surface area contributed by atoms with E-state index in [1.165, 1.54) is 4.31 Å². The van der Waals surface area contributed by atoms with Crippen molar-refractivity contribution in [1.29, 1.82) is 0 Å². The van der Waals surface area contributed by atoms with Crippen LogP contribution in [0.3, 0.4) is 0 Å². The fourth-order valence-corrected chi connectivity index (χ4v) is 1.58. The van der Waals surface area contributed by atoms with E-state index in [4.69, 9.17) is 0 Å². The summed E-state index contributed by atoms with van der Waals surface area (Å²) in [7, 11) is 0.145. The lowest BCUT2D eigenvalue weighted by Gasteiger charge is -2.09. The molecule has 3 nitrogen and oxygen atoms in total. The average molecular weight is 178 g/mol. The zero-order valence-electron chi connectivity index (χ0n) is 7.21. The van der Waals surface area contributed by atoms with Crippen molar-refractivity contribution in [3.63, 3.8) is 0 Å². The maximum Gasteiger partial charge on any atom is 0.213 e. The van der Waals surface area contributed by atoms with E-state index < -0.39 is 10.0 Å². The fraction of sp³-hybridized carbons (Fsp3) is 0.857. The Morgan fingerprint density at radius 3 is 2.18 bits per heavy atom. The lowest BCUT2D eigenvalue weighted by molar-refractivity contribution is 0.517. The van der Waals surface area contributed by atoms with E-state index >= 15 is 0 Å². The maximum absolute atomic E-state index is 11.1. The first-order valence-electron chi connectivity index (χ1n) is 3.70. The quantitative estimate of drug-likeness (QED) is 0.586. The lowest BCUT2D eigenvalue weighted by atomic mass is 10.3. The standard InChI is InChI=1S/C7H16NO2S/c1-4-5-6-7-11(9,10)8(2)3/h1,4-7H2,2-3H3. The Balaban J connectivity index is 3.75. The van der Waals surface area contributed by atoms with Crippen molar-refractivity contribution in [3.8, 4) is 0 Å². The molecule has 0 aromatic rings. The van der Waals surface area contributed by atoms with Gasteiger partial charge in [-0.25, -0.2) is 12.7 Å². The third-order valence-electron chi connectivity index (χ3n) is 1.46. The highest BCUT2D eigenvalue weighted by Crippen LogP contribution is 2.01. The molecule has 0 aliphatic rings. The van der Waals surface area contributed by atoms with Crippen LogP contribution >= 0.6 is 0 Å². The predicted molar refractivity (Wildman–Crippen MR) is 46.7 cm³/mol. The molecule has 0 saturated heterocycles. The van der Waals surface area contributed by atoms with E-state index in [0.717, 1.165) is 12.8 Å². The normalized spacial score (nSPS) is 12.4. The van der Waals surface area contributed by atoms with E-state index in [2.05, 4.69) is 6.92 Å². The summed E-state index contributed by atoms with van der Waals surface area (Å²) in [5.41, 5.74) is 0. The topological polar surface area (TPSA) is 37.4 Å². The van der Waals surface area contributed by atoms with Crippen molar-refractivity contribution in [2.24, 2.45) is 0 Å². The monoisotopic (exact) mass is 178 g/mol. The molecule has 0 atom stereocenters. The van der Waals surface area contributed by atoms with Crippen LogP contribution < -0.4 is 0 Å². The van der Waals surface area contributed by atoms with Crippen LogP contribution in [0.1, 0.15) is 19.3 Å². The highest BCUT2D eigenvalue weighted by atomic mass is 32.2. The van der Waals surface area contributed by atoms with Crippen molar-refractivity contribution in [3.05, 3.63) is 6.92 Å². The number of nitrogens with zero attached hydrogens (tertiary/aromatic N) is 1. The molecular formula is C7H16NO2S. The van der Waals surface area contributed by atoms with Gasteiger partial charge in [-0.2, -0.15) is 0 Å². The molecule has 0 fully saturated rings. The van der Waals surface area contributed by atoms with Crippen LogP contribution in [0.5, 0.6) is 0 Å². The van der Waals surface area contributed by atoms with Crippen molar-refractivity contribution >= 4 is 10.0 Å². The van der Waals surface area contributed by atoms with Gasteiger partial charge >= 0.3 is 0 Å². The van der Waals surface area contributed by atoms with Crippen molar-refractivity contribution in [1.82, 2.24) is 4.31 Å². The highest BCUT2D eigenvalue weighted by Gasteiger charge is 2.11. The molecule has 0 aromatic heterocycles. The van der Waals surface area contributed by atoms with Gasteiger partial charge in [0, 0.05) is 14.1 Å². The summed E-state index contributed by atoms with van der Waals surface area (Å²) in [5, 5.41) is 0. The highest BCUT2D eigenvalue weighted by molar-refractivity contribution is 7.89. The first kappa shape index (κ1) is 10.9. The Bertz CT molecular complexity index is 185. The molecule has 67 valence electrons. The molecule has 4 heteroatoms. The summed E-state index contributed by atoms with van der Waals surface area (Å²) in [6.45, 7) is 3.64. The van der Waals surface area contributed by atoms with Gasteiger partial charge in [-0.1, -0.05) is 19.8 Å². The van der Waals surface area contributed by atoms with Crippen LogP contribution in [-0.2, 0) is 10.0 Å². The van der Waals surface area contributed by atoms with Crippen LogP contribution in [0.15, 0.2) is 0 Å². The molecule has 0 aliphatic heterocycles. The molecule has 11 heavy (non-hydrogen) atoms. The second kappa shape index (κ2) is 4.72. The SMILES string of the molecule is [CH2]CCCCS(=O)(=O)N(C)C. The van der Waals surface area contributed by atoms with Gasteiger partial charge in [-0.3, -0.25) is 0 Å². The Morgan fingerprint density at radius 2 is 1.82 bits per heavy atom. The van der Waals surface area contributed by atoms with Crippen LogP contribution in [0.2, 0.25) is 0 Å². The predicted octanol–water partition coefficient (Wildman–Crippen LogP) is 0.882. The summed E-state index contributed by atoms with van der Waals surface area (Å²) in [4.78, 5) is 0. The maximum atomic E-state index is 11.1. The second-order valence-electron chi connectivity index (χ2n) is 2.66. The molecule has 0 spiro atoms. The van der Waals surface area contributed by atoms with Gasteiger partial charge < -0.3 is 0 Å². The third-order valence-corrected chi connectivity index (χ3v) is 3.38. The van der Waals surface area contributed by atoms with Gasteiger partial charge in [0.05, 0.1) is 5.75 Å².